The number of nitrogens with zero attached hydrogens (tertiary/aromatic N) is 2. The molecule has 11 aromatic rings. The molecule has 0 N–H and O–H groups in total. The SMILES string of the molecule is CC1(C)c2ccccc2N(c2c(N(c3ccc(-c4ccccc4)cc3)c3ccc(-c4cccc5ccccc45)cc3)ccc3ccccc23)c2cccc(-c3cccc4ccccc34)c21. The van der Waals surface area contributed by atoms with E-state index in [1.807, 2.05) is 0 Å². The Hall–Kier alpha value is -8.20. The highest BCUT2D eigenvalue weighted by Crippen LogP contribution is 2.58. The van der Waals surface area contributed by atoms with Crippen LogP contribution in [-0.2, 0) is 5.41 Å². The van der Waals surface area contributed by atoms with Gasteiger partial charge >= 0.3 is 0 Å². The Labute approximate surface area is 380 Å². The predicted molar refractivity (Wildman–Crippen MR) is 277 cm³/mol. The van der Waals surface area contributed by atoms with E-state index in [9.17, 15) is 0 Å². The minimum Gasteiger partial charge on any atom is -0.308 e. The van der Waals surface area contributed by atoms with Gasteiger partial charge in [0.2, 0.25) is 0 Å². The lowest BCUT2D eigenvalue weighted by molar-refractivity contribution is 0.634. The fraction of sp³-hybridized carbons (Fsp3) is 0.0476. The molecule has 0 saturated heterocycles. The quantitative estimate of drug-likeness (QED) is 0.158. The Kier molecular flexibility index (Phi) is 9.21. The van der Waals surface area contributed by atoms with Crippen molar-refractivity contribution in [1.29, 1.82) is 0 Å². The highest BCUT2D eigenvalue weighted by molar-refractivity contribution is 6.10. The maximum Gasteiger partial charge on any atom is 0.0781 e. The number of fused-ring (bicyclic) bond motifs is 5. The molecule has 65 heavy (non-hydrogen) atoms. The molecular formula is C63H46N2. The third kappa shape index (κ3) is 6.40. The van der Waals surface area contributed by atoms with Gasteiger partial charge in [-0.05, 0) is 114 Å². The molecule has 2 heteroatoms. The van der Waals surface area contributed by atoms with E-state index in [0.717, 1.165) is 22.7 Å². The topological polar surface area (TPSA) is 6.48 Å². The summed E-state index contributed by atoms with van der Waals surface area (Å²) < 4.78 is 0. The maximum atomic E-state index is 2.57. The summed E-state index contributed by atoms with van der Waals surface area (Å²) in [5.41, 5.74) is 16.3. The van der Waals surface area contributed by atoms with Gasteiger partial charge in [0.15, 0.2) is 0 Å². The first kappa shape index (κ1) is 38.5. The molecule has 0 aromatic heterocycles. The molecule has 12 rings (SSSR count). The molecule has 0 aliphatic carbocycles. The number of anilines is 6. The summed E-state index contributed by atoms with van der Waals surface area (Å²) in [4.78, 5) is 5.03. The fourth-order valence-electron chi connectivity index (χ4n) is 10.6. The van der Waals surface area contributed by atoms with Crippen LogP contribution in [-0.4, -0.2) is 0 Å². The van der Waals surface area contributed by atoms with Crippen LogP contribution in [0.3, 0.4) is 0 Å². The van der Waals surface area contributed by atoms with Crippen LogP contribution in [0.5, 0.6) is 0 Å². The molecule has 1 aliphatic rings. The monoisotopic (exact) mass is 830 g/mol. The van der Waals surface area contributed by atoms with Gasteiger partial charge in [0, 0.05) is 22.2 Å². The first-order valence-corrected chi connectivity index (χ1v) is 22.6. The number of para-hydroxylation sites is 1. The lowest BCUT2D eigenvalue weighted by atomic mass is 9.70. The zero-order valence-corrected chi connectivity index (χ0v) is 36.5. The molecule has 308 valence electrons. The second-order valence-corrected chi connectivity index (χ2v) is 17.7. The van der Waals surface area contributed by atoms with Gasteiger partial charge in [-0.15, -0.1) is 0 Å². The number of rotatable bonds is 7. The lowest BCUT2D eigenvalue weighted by Gasteiger charge is -2.44. The van der Waals surface area contributed by atoms with Crippen molar-refractivity contribution in [2.75, 3.05) is 9.80 Å². The van der Waals surface area contributed by atoms with E-state index in [1.54, 1.807) is 0 Å². The van der Waals surface area contributed by atoms with E-state index in [-0.39, 0.29) is 5.41 Å². The van der Waals surface area contributed by atoms with Gasteiger partial charge in [0.1, 0.15) is 0 Å². The summed E-state index contributed by atoms with van der Waals surface area (Å²) in [5, 5.41) is 7.35. The first-order valence-electron chi connectivity index (χ1n) is 22.6. The average Bonchev–Trinajstić information content (AvgIpc) is 3.37. The summed E-state index contributed by atoms with van der Waals surface area (Å²) in [5.74, 6) is 0. The highest BCUT2D eigenvalue weighted by atomic mass is 15.2. The molecule has 0 unspecified atom stereocenters. The van der Waals surface area contributed by atoms with Gasteiger partial charge in [-0.1, -0.05) is 214 Å². The second kappa shape index (κ2) is 15.6. The van der Waals surface area contributed by atoms with Gasteiger partial charge in [-0.3, -0.25) is 0 Å². The van der Waals surface area contributed by atoms with E-state index in [4.69, 9.17) is 0 Å². The van der Waals surface area contributed by atoms with Crippen molar-refractivity contribution in [2.24, 2.45) is 0 Å². The Bertz CT molecular complexity index is 3560. The Morgan fingerprint density at radius 1 is 0.338 bits per heavy atom. The Morgan fingerprint density at radius 2 is 0.815 bits per heavy atom. The molecule has 0 saturated carbocycles. The van der Waals surface area contributed by atoms with Crippen molar-refractivity contribution >= 4 is 66.4 Å². The summed E-state index contributed by atoms with van der Waals surface area (Å²) in [6.45, 7) is 4.80. The zero-order valence-electron chi connectivity index (χ0n) is 36.5. The average molecular weight is 831 g/mol. The normalized spacial score (nSPS) is 12.9. The van der Waals surface area contributed by atoms with Gasteiger partial charge in [0.05, 0.1) is 22.7 Å². The van der Waals surface area contributed by atoms with Crippen LogP contribution < -0.4 is 9.80 Å². The first-order chi connectivity index (χ1) is 32.0. The molecule has 1 heterocycles. The smallest absolute Gasteiger partial charge is 0.0781 e. The van der Waals surface area contributed by atoms with Gasteiger partial charge in [-0.2, -0.15) is 0 Å². The van der Waals surface area contributed by atoms with Crippen molar-refractivity contribution in [2.45, 2.75) is 19.3 Å². The van der Waals surface area contributed by atoms with Crippen molar-refractivity contribution < 1.29 is 0 Å². The largest absolute Gasteiger partial charge is 0.308 e. The minimum atomic E-state index is -0.314. The van der Waals surface area contributed by atoms with Crippen molar-refractivity contribution in [3.05, 3.63) is 254 Å². The summed E-state index contributed by atoms with van der Waals surface area (Å²) in [6.07, 6.45) is 0. The summed E-state index contributed by atoms with van der Waals surface area (Å²) in [7, 11) is 0. The van der Waals surface area contributed by atoms with Crippen LogP contribution >= 0.6 is 0 Å². The van der Waals surface area contributed by atoms with E-state index >= 15 is 0 Å². The number of hydrogen-bond acceptors (Lipinski definition) is 2. The number of hydrogen-bond donors (Lipinski definition) is 0. The van der Waals surface area contributed by atoms with Crippen LogP contribution in [0.25, 0.3) is 65.7 Å². The summed E-state index contributed by atoms with van der Waals surface area (Å²) in [6, 6.07) is 89.1. The molecule has 0 radical (unpaired) electrons. The van der Waals surface area contributed by atoms with Crippen molar-refractivity contribution in [3.8, 4) is 33.4 Å². The van der Waals surface area contributed by atoms with E-state index in [2.05, 4.69) is 266 Å². The van der Waals surface area contributed by atoms with Crippen LogP contribution in [0.15, 0.2) is 243 Å². The summed E-state index contributed by atoms with van der Waals surface area (Å²) >= 11 is 0. The third-order valence-corrected chi connectivity index (χ3v) is 13.6. The standard InChI is InChI=1S/C63H46N2/c1-63(2)57-30-12-13-31-58(57)65(59-32-16-29-56(61(59)63)55-28-15-23-46-20-7-10-25-53(46)55)62-54-26-11-8-21-47(54)37-42-60(62)64(49-38-33-44(34-39-49)43-17-4-3-5-18-43)50-40-35-48(36-41-50)52-27-14-22-45-19-6-9-24-51(45)52/h3-42H,1-2H3. The van der Waals surface area contributed by atoms with Crippen molar-refractivity contribution in [1.82, 2.24) is 0 Å². The van der Waals surface area contributed by atoms with E-state index in [1.165, 1.54) is 88.2 Å². The molecule has 0 amide bonds. The van der Waals surface area contributed by atoms with Crippen molar-refractivity contribution in [3.63, 3.8) is 0 Å². The van der Waals surface area contributed by atoms with Crippen LogP contribution in [0.4, 0.5) is 34.1 Å². The lowest BCUT2D eigenvalue weighted by Crippen LogP contribution is -2.32. The molecule has 0 atom stereocenters. The fourth-order valence-corrected chi connectivity index (χ4v) is 10.6. The second-order valence-electron chi connectivity index (χ2n) is 17.7. The Balaban J connectivity index is 1.12. The highest BCUT2D eigenvalue weighted by Gasteiger charge is 2.40. The van der Waals surface area contributed by atoms with E-state index in [0.29, 0.717) is 0 Å². The predicted octanol–water partition coefficient (Wildman–Crippen LogP) is 17.7. The van der Waals surface area contributed by atoms with Crippen LogP contribution in [0.2, 0.25) is 0 Å². The number of benzene rings is 11. The van der Waals surface area contributed by atoms with Crippen LogP contribution in [0.1, 0.15) is 25.0 Å². The molecule has 11 aromatic carbocycles. The minimum absolute atomic E-state index is 0.314. The van der Waals surface area contributed by atoms with Gasteiger partial charge in [-0.25, -0.2) is 0 Å². The Morgan fingerprint density at radius 3 is 1.51 bits per heavy atom. The molecule has 1 aliphatic heterocycles. The molecule has 0 spiro atoms. The molecule has 2 nitrogen and oxygen atoms in total. The maximum absolute atomic E-state index is 2.57. The van der Waals surface area contributed by atoms with Gasteiger partial charge < -0.3 is 9.80 Å². The molecule has 0 bridgehead atoms. The third-order valence-electron chi connectivity index (χ3n) is 13.6. The van der Waals surface area contributed by atoms with Gasteiger partial charge in [0.25, 0.3) is 0 Å². The molecule has 0 fully saturated rings. The van der Waals surface area contributed by atoms with Crippen LogP contribution in [0, 0.1) is 0 Å². The van der Waals surface area contributed by atoms with E-state index < -0.39 is 0 Å². The zero-order chi connectivity index (χ0) is 43.5. The molecular weight excluding hydrogens is 785 g/mol.